The van der Waals surface area contributed by atoms with E-state index in [4.69, 9.17) is 0 Å². The third-order valence-corrected chi connectivity index (χ3v) is 10.4. The number of nitrogens with zero attached hydrogens (tertiary/aromatic N) is 3. The highest BCUT2D eigenvalue weighted by Gasteiger charge is 2.43. The number of fused-ring (bicyclic) bond motifs is 1. The van der Waals surface area contributed by atoms with Crippen molar-refractivity contribution < 1.29 is 9.18 Å². The molecule has 2 aromatic heterocycles. The maximum atomic E-state index is 14.2. The smallest absolute Gasteiger partial charge is 0.333 e. The molecule has 40 heavy (non-hydrogen) atoms. The molecule has 3 aliphatic rings. The molecule has 1 aliphatic heterocycles. The lowest BCUT2D eigenvalue weighted by atomic mass is 9.77. The number of benzene rings is 1. The van der Waals surface area contributed by atoms with Gasteiger partial charge in [-0.1, -0.05) is 42.7 Å². The van der Waals surface area contributed by atoms with Crippen LogP contribution in [0.1, 0.15) is 87.4 Å². The van der Waals surface area contributed by atoms with Gasteiger partial charge in [0, 0.05) is 18.1 Å². The minimum atomic E-state index is -0.582. The maximum Gasteiger partial charge on any atom is 0.333 e. The van der Waals surface area contributed by atoms with Crippen LogP contribution < -0.4 is 16.6 Å². The van der Waals surface area contributed by atoms with Gasteiger partial charge in [-0.15, -0.1) is 0 Å². The molecule has 2 saturated carbocycles. The van der Waals surface area contributed by atoms with Gasteiger partial charge >= 0.3 is 5.69 Å². The Kier molecular flexibility index (Phi) is 7.59. The summed E-state index contributed by atoms with van der Waals surface area (Å²) >= 11 is 1.86. The summed E-state index contributed by atoms with van der Waals surface area (Å²) in [4.78, 5) is 45.3. The number of carbonyl (C=O) groups excluding carboxylic acids is 1. The Morgan fingerprint density at radius 2 is 1.62 bits per heavy atom. The number of nitrogens with one attached hydrogen (secondary N) is 1. The van der Waals surface area contributed by atoms with Crippen molar-refractivity contribution in [2.24, 2.45) is 0 Å². The predicted molar refractivity (Wildman–Crippen MR) is 157 cm³/mol. The zero-order valence-corrected chi connectivity index (χ0v) is 23.9. The molecule has 0 spiro atoms. The van der Waals surface area contributed by atoms with Gasteiger partial charge in [0.15, 0.2) is 0 Å². The molecule has 9 heteroatoms. The molecule has 1 N–H and O–H groups in total. The van der Waals surface area contributed by atoms with Crippen LogP contribution in [0.15, 0.2) is 46.1 Å². The average molecular weight is 565 g/mol. The van der Waals surface area contributed by atoms with E-state index in [1.165, 1.54) is 16.2 Å². The molecule has 1 saturated heterocycles. The topological polar surface area (TPSA) is 86.0 Å². The van der Waals surface area contributed by atoms with E-state index in [1.807, 2.05) is 11.8 Å². The van der Waals surface area contributed by atoms with Crippen molar-refractivity contribution >= 4 is 28.7 Å². The summed E-state index contributed by atoms with van der Waals surface area (Å²) in [6.45, 7) is 2.06. The van der Waals surface area contributed by atoms with Gasteiger partial charge in [-0.05, 0) is 81.4 Å². The first-order valence-electron chi connectivity index (χ1n) is 14.7. The molecule has 0 unspecified atom stereocenters. The Labute approximate surface area is 237 Å². The number of halogens is 1. The van der Waals surface area contributed by atoms with Crippen molar-refractivity contribution in [3.63, 3.8) is 0 Å². The third kappa shape index (κ3) is 4.91. The van der Waals surface area contributed by atoms with Crippen LogP contribution in [-0.4, -0.2) is 37.6 Å². The first-order chi connectivity index (χ1) is 19.4. The predicted octanol–water partition coefficient (Wildman–Crippen LogP) is 5.19. The van der Waals surface area contributed by atoms with Crippen LogP contribution in [0.3, 0.4) is 0 Å². The molecule has 3 aromatic rings. The molecule has 2 aliphatic carbocycles. The zero-order chi connectivity index (χ0) is 27.9. The summed E-state index contributed by atoms with van der Waals surface area (Å²) in [6, 6.07) is 9.22. The average Bonchev–Trinajstić information content (AvgIpc) is 3.47. The third-order valence-electron chi connectivity index (χ3n) is 9.37. The molecular weight excluding hydrogens is 527 g/mol. The number of hydrogen-bond donors (Lipinski definition) is 1. The highest BCUT2D eigenvalue weighted by molar-refractivity contribution is 7.99. The van der Waals surface area contributed by atoms with Gasteiger partial charge in [-0.2, -0.15) is 11.8 Å². The molecule has 0 radical (unpaired) electrons. The Bertz CT molecular complexity index is 1510. The lowest BCUT2D eigenvalue weighted by molar-refractivity contribution is -0.127. The molecule has 1 amide bonds. The van der Waals surface area contributed by atoms with Crippen molar-refractivity contribution in [1.82, 2.24) is 19.4 Å². The minimum absolute atomic E-state index is 0.000428. The van der Waals surface area contributed by atoms with Crippen LogP contribution in [0.4, 0.5) is 4.39 Å². The Balaban J connectivity index is 1.24. The molecule has 1 aromatic carbocycles. The van der Waals surface area contributed by atoms with Crippen molar-refractivity contribution in [1.29, 1.82) is 0 Å². The number of pyridine rings is 1. The van der Waals surface area contributed by atoms with Crippen molar-refractivity contribution in [3.05, 3.63) is 74.3 Å². The number of aromatic nitrogens is 3. The van der Waals surface area contributed by atoms with E-state index >= 15 is 0 Å². The lowest BCUT2D eigenvalue weighted by Gasteiger charge is -2.35. The number of carbonyl (C=O) groups is 1. The summed E-state index contributed by atoms with van der Waals surface area (Å²) < 4.78 is 17.2. The van der Waals surface area contributed by atoms with E-state index in [9.17, 15) is 18.8 Å². The van der Waals surface area contributed by atoms with Gasteiger partial charge in [-0.25, -0.2) is 14.2 Å². The monoisotopic (exact) mass is 564 g/mol. The van der Waals surface area contributed by atoms with Crippen LogP contribution in [-0.2, 0) is 10.2 Å². The van der Waals surface area contributed by atoms with Crippen molar-refractivity contribution in [2.45, 2.75) is 94.7 Å². The van der Waals surface area contributed by atoms with Crippen LogP contribution in [0, 0.1) is 12.7 Å². The number of rotatable bonds is 5. The first-order valence-corrected chi connectivity index (χ1v) is 15.8. The fourth-order valence-corrected chi connectivity index (χ4v) is 8.18. The van der Waals surface area contributed by atoms with Crippen LogP contribution in [0.2, 0.25) is 0 Å². The largest absolute Gasteiger partial charge is 0.353 e. The Morgan fingerprint density at radius 1 is 0.975 bits per heavy atom. The number of amides is 1. The molecule has 0 bridgehead atoms. The quantitative estimate of drug-likeness (QED) is 0.461. The summed E-state index contributed by atoms with van der Waals surface area (Å²) in [5.74, 6) is 1.39. The normalized spacial score (nSPS) is 23.4. The first kappa shape index (κ1) is 27.2. The van der Waals surface area contributed by atoms with Crippen LogP contribution in [0.25, 0.3) is 11.0 Å². The zero-order valence-electron chi connectivity index (χ0n) is 23.0. The molecule has 3 fully saturated rings. The second-order valence-corrected chi connectivity index (χ2v) is 13.1. The highest BCUT2D eigenvalue weighted by Crippen LogP contribution is 2.42. The minimum Gasteiger partial charge on any atom is -0.353 e. The van der Waals surface area contributed by atoms with E-state index in [1.54, 1.807) is 4.57 Å². The Morgan fingerprint density at radius 3 is 2.30 bits per heavy atom. The molecule has 0 atom stereocenters. The van der Waals surface area contributed by atoms with Crippen LogP contribution in [0.5, 0.6) is 0 Å². The summed E-state index contributed by atoms with van der Waals surface area (Å²) in [5.41, 5.74) is 1.26. The SMILES string of the molecule is Cc1ccc(C2(C(=O)N[C@H]3CC[C@@H](n4c(=O)c5cc(F)cnc5n(C5CCSCC5)c4=O)CC3)CCCC2)cc1. The number of hydrogen-bond acceptors (Lipinski definition) is 5. The second-order valence-electron chi connectivity index (χ2n) is 11.8. The Hall–Kier alpha value is -2.94. The molecule has 7 nitrogen and oxygen atoms in total. The second kappa shape index (κ2) is 11.1. The van der Waals surface area contributed by atoms with Gasteiger partial charge in [0.2, 0.25) is 5.91 Å². The fourth-order valence-electron chi connectivity index (χ4n) is 7.10. The van der Waals surface area contributed by atoms with Crippen LogP contribution >= 0.6 is 11.8 Å². The highest BCUT2D eigenvalue weighted by atomic mass is 32.2. The van der Waals surface area contributed by atoms with Gasteiger partial charge < -0.3 is 5.32 Å². The summed E-state index contributed by atoms with van der Waals surface area (Å²) in [6.07, 6.45) is 9.09. The summed E-state index contributed by atoms with van der Waals surface area (Å²) in [7, 11) is 0. The van der Waals surface area contributed by atoms with E-state index in [0.29, 0.717) is 25.7 Å². The van der Waals surface area contributed by atoms with Gasteiger partial charge in [0.25, 0.3) is 5.56 Å². The van der Waals surface area contributed by atoms with E-state index < -0.39 is 16.8 Å². The molecule has 3 heterocycles. The number of thioether (sulfide) groups is 1. The fraction of sp³-hybridized carbons (Fsp3) is 0.548. The maximum absolute atomic E-state index is 14.2. The van der Waals surface area contributed by atoms with Gasteiger partial charge in [0.05, 0.1) is 17.0 Å². The molecular formula is C31H37FN4O3S. The van der Waals surface area contributed by atoms with E-state index in [0.717, 1.165) is 61.8 Å². The number of aryl methyl sites for hydroxylation is 1. The summed E-state index contributed by atoms with van der Waals surface area (Å²) in [5, 5.41) is 3.51. The van der Waals surface area contributed by atoms with Gasteiger partial charge in [0.1, 0.15) is 11.5 Å². The van der Waals surface area contributed by atoms with Gasteiger partial charge in [-0.3, -0.25) is 18.7 Å². The molecule has 6 rings (SSSR count). The lowest BCUT2D eigenvalue weighted by Crippen LogP contribution is -2.49. The standard InChI is InChI=1S/C31H37FN4O3S/c1-20-4-6-21(7-5-20)31(14-2-3-15-31)29(38)34-23-8-10-24(11-9-23)36-28(37)26-18-22(32)19-33-27(26)35(30(36)39)25-12-16-40-17-13-25/h4-7,18-19,23-25H,2-3,8-17H2,1H3,(H,34,38)/t23-,24+. The molecule has 212 valence electrons. The van der Waals surface area contributed by atoms with Crippen molar-refractivity contribution in [2.75, 3.05) is 11.5 Å². The van der Waals surface area contributed by atoms with E-state index in [-0.39, 0.29) is 40.8 Å². The van der Waals surface area contributed by atoms with E-state index in [2.05, 4.69) is 41.5 Å². The van der Waals surface area contributed by atoms with Crippen molar-refractivity contribution in [3.8, 4) is 0 Å².